The minimum absolute atomic E-state index is 0.0420. The average Bonchev–Trinajstić information content (AvgIpc) is 2.40. The van der Waals surface area contributed by atoms with Gasteiger partial charge in [-0.1, -0.05) is 19.1 Å². The van der Waals surface area contributed by atoms with Crippen LogP contribution in [0.15, 0.2) is 29.2 Å². The van der Waals surface area contributed by atoms with Crippen LogP contribution in [0.5, 0.6) is 0 Å². The van der Waals surface area contributed by atoms with E-state index < -0.39 is 15.1 Å². The fraction of sp³-hybridized carbons (Fsp3) is 0.600. The third kappa shape index (κ3) is 4.04. The molecule has 0 spiro atoms. The quantitative estimate of drug-likeness (QED) is 0.801. The molecule has 20 heavy (non-hydrogen) atoms. The Balaban J connectivity index is 2.95. The lowest BCUT2D eigenvalue weighted by atomic mass is 9.89. The Bertz CT molecular complexity index is 522. The molecule has 0 radical (unpaired) electrons. The summed E-state index contributed by atoms with van der Waals surface area (Å²) < 4.78 is 24.3. The second kappa shape index (κ2) is 7.20. The largest absolute Gasteiger partial charge is 0.396 e. The van der Waals surface area contributed by atoms with Crippen molar-refractivity contribution in [2.24, 2.45) is 17.6 Å². The zero-order valence-corrected chi connectivity index (χ0v) is 13.2. The molecular formula is C15H25NO3S. The number of rotatable bonds is 7. The Morgan fingerprint density at radius 1 is 1.25 bits per heavy atom. The molecule has 0 fully saturated rings. The third-order valence-corrected chi connectivity index (χ3v) is 5.90. The van der Waals surface area contributed by atoms with Crippen molar-refractivity contribution in [1.29, 1.82) is 0 Å². The molecule has 5 heteroatoms. The van der Waals surface area contributed by atoms with Crippen LogP contribution in [0.3, 0.4) is 0 Å². The number of aliphatic hydroxyl groups excluding tert-OH is 1. The first-order valence-electron chi connectivity index (χ1n) is 6.96. The lowest BCUT2D eigenvalue weighted by Gasteiger charge is -2.20. The molecule has 1 rings (SSSR count). The van der Waals surface area contributed by atoms with E-state index in [0.29, 0.717) is 17.9 Å². The minimum atomic E-state index is -3.24. The van der Waals surface area contributed by atoms with Gasteiger partial charge in [-0.15, -0.1) is 0 Å². The predicted octanol–water partition coefficient (Wildman–Crippen LogP) is 1.61. The third-order valence-electron chi connectivity index (χ3n) is 3.75. The first kappa shape index (κ1) is 17.1. The van der Waals surface area contributed by atoms with Gasteiger partial charge in [0.05, 0.1) is 10.1 Å². The number of benzene rings is 1. The second-order valence-electron chi connectivity index (χ2n) is 5.60. The molecule has 0 amide bonds. The lowest BCUT2D eigenvalue weighted by Crippen LogP contribution is -2.26. The number of hydrogen-bond acceptors (Lipinski definition) is 4. The van der Waals surface area contributed by atoms with Crippen LogP contribution in [-0.2, 0) is 16.3 Å². The van der Waals surface area contributed by atoms with Gasteiger partial charge in [0.1, 0.15) is 0 Å². The molecule has 0 saturated heterocycles. The van der Waals surface area contributed by atoms with E-state index >= 15 is 0 Å². The Hall–Kier alpha value is -0.910. The van der Waals surface area contributed by atoms with Crippen LogP contribution < -0.4 is 5.73 Å². The highest BCUT2D eigenvalue weighted by molar-refractivity contribution is 7.92. The topological polar surface area (TPSA) is 80.4 Å². The normalized spacial score (nSPS) is 15.3. The Morgan fingerprint density at radius 3 is 2.40 bits per heavy atom. The highest BCUT2D eigenvalue weighted by atomic mass is 32.2. The van der Waals surface area contributed by atoms with E-state index in [2.05, 4.69) is 0 Å². The maximum atomic E-state index is 12.2. The summed E-state index contributed by atoms with van der Waals surface area (Å²) in [5, 5.41) is 8.83. The Morgan fingerprint density at radius 2 is 1.90 bits per heavy atom. The van der Waals surface area contributed by atoms with Crippen molar-refractivity contribution in [2.75, 3.05) is 13.2 Å². The van der Waals surface area contributed by atoms with Crippen LogP contribution in [-0.4, -0.2) is 31.9 Å². The molecule has 3 N–H and O–H groups in total. The highest BCUT2D eigenvalue weighted by Crippen LogP contribution is 2.21. The molecular weight excluding hydrogens is 274 g/mol. The van der Waals surface area contributed by atoms with Crippen molar-refractivity contribution in [3.8, 4) is 0 Å². The Kier molecular flexibility index (Phi) is 6.17. The number of sulfone groups is 1. The smallest absolute Gasteiger partial charge is 0.180 e. The van der Waals surface area contributed by atoms with Crippen molar-refractivity contribution in [1.82, 2.24) is 0 Å². The standard InChI is InChI=1S/C15H25NO3S/c1-11(2)20(18,19)15-6-4-5-13(8-15)7-12(3)14(9-16)10-17/h4-6,8,11-12,14,17H,7,9-10,16H2,1-3H3. The van der Waals surface area contributed by atoms with Gasteiger partial charge in [-0.2, -0.15) is 0 Å². The van der Waals surface area contributed by atoms with Gasteiger partial charge in [-0.3, -0.25) is 0 Å². The molecule has 0 bridgehead atoms. The summed E-state index contributed by atoms with van der Waals surface area (Å²) in [5.74, 6) is 0.252. The second-order valence-corrected chi connectivity index (χ2v) is 8.11. The van der Waals surface area contributed by atoms with Crippen LogP contribution >= 0.6 is 0 Å². The molecule has 1 aromatic carbocycles. The monoisotopic (exact) mass is 299 g/mol. The molecule has 0 aromatic heterocycles. The molecule has 0 aliphatic heterocycles. The fourth-order valence-corrected chi connectivity index (χ4v) is 3.28. The zero-order valence-electron chi connectivity index (χ0n) is 12.4. The van der Waals surface area contributed by atoms with E-state index in [1.165, 1.54) is 0 Å². The summed E-state index contributed by atoms with van der Waals surface area (Å²) in [5.41, 5.74) is 6.58. The van der Waals surface area contributed by atoms with Gasteiger partial charge < -0.3 is 10.8 Å². The summed E-state index contributed by atoms with van der Waals surface area (Å²) in [6.45, 7) is 5.88. The average molecular weight is 299 g/mol. The molecule has 2 atom stereocenters. The van der Waals surface area contributed by atoms with E-state index in [4.69, 9.17) is 5.73 Å². The first-order chi connectivity index (χ1) is 9.32. The number of nitrogens with two attached hydrogens (primary N) is 1. The molecule has 1 aromatic rings. The van der Waals surface area contributed by atoms with Crippen LogP contribution in [0, 0.1) is 11.8 Å². The van der Waals surface area contributed by atoms with Crippen LogP contribution in [0.25, 0.3) is 0 Å². The van der Waals surface area contributed by atoms with E-state index in [0.717, 1.165) is 5.56 Å². The van der Waals surface area contributed by atoms with Gasteiger partial charge >= 0.3 is 0 Å². The maximum absolute atomic E-state index is 12.2. The van der Waals surface area contributed by atoms with Crippen molar-refractivity contribution < 1.29 is 13.5 Å². The van der Waals surface area contributed by atoms with Crippen molar-refractivity contribution in [2.45, 2.75) is 37.3 Å². The molecule has 0 heterocycles. The van der Waals surface area contributed by atoms with Gasteiger partial charge in [0.15, 0.2) is 9.84 Å². The van der Waals surface area contributed by atoms with Crippen LogP contribution in [0.4, 0.5) is 0 Å². The number of aliphatic hydroxyl groups is 1. The minimum Gasteiger partial charge on any atom is -0.396 e. The molecule has 114 valence electrons. The lowest BCUT2D eigenvalue weighted by molar-refractivity contribution is 0.187. The van der Waals surface area contributed by atoms with Gasteiger partial charge in [0.25, 0.3) is 0 Å². The van der Waals surface area contributed by atoms with E-state index in [1.807, 2.05) is 13.0 Å². The summed E-state index contributed by atoms with van der Waals surface area (Å²) in [6, 6.07) is 7.06. The molecule has 2 unspecified atom stereocenters. The summed E-state index contributed by atoms with van der Waals surface area (Å²) in [6.07, 6.45) is 0.712. The van der Waals surface area contributed by atoms with Crippen LogP contribution in [0.2, 0.25) is 0 Å². The summed E-state index contributed by atoms with van der Waals surface area (Å²) in [4.78, 5) is 0.366. The van der Waals surface area contributed by atoms with Gasteiger partial charge in [-0.25, -0.2) is 8.42 Å². The molecule has 0 saturated carbocycles. The van der Waals surface area contributed by atoms with E-state index in [1.54, 1.807) is 32.0 Å². The van der Waals surface area contributed by atoms with Gasteiger partial charge in [0, 0.05) is 6.61 Å². The number of hydrogen-bond donors (Lipinski definition) is 2. The van der Waals surface area contributed by atoms with E-state index in [9.17, 15) is 13.5 Å². The van der Waals surface area contributed by atoms with Crippen molar-refractivity contribution >= 4 is 9.84 Å². The molecule has 4 nitrogen and oxygen atoms in total. The molecule has 0 aliphatic carbocycles. The summed E-state index contributed by atoms with van der Waals surface area (Å²) >= 11 is 0. The maximum Gasteiger partial charge on any atom is 0.180 e. The molecule has 0 aliphatic rings. The van der Waals surface area contributed by atoms with Crippen molar-refractivity contribution in [3.63, 3.8) is 0 Å². The fourth-order valence-electron chi connectivity index (χ4n) is 2.15. The predicted molar refractivity (Wildman–Crippen MR) is 81.3 cm³/mol. The zero-order chi connectivity index (χ0) is 15.3. The Labute approximate surface area is 121 Å². The van der Waals surface area contributed by atoms with Crippen LogP contribution in [0.1, 0.15) is 26.3 Å². The summed E-state index contributed by atoms with van der Waals surface area (Å²) in [7, 11) is -3.24. The van der Waals surface area contributed by atoms with E-state index in [-0.39, 0.29) is 18.4 Å². The van der Waals surface area contributed by atoms with Gasteiger partial charge in [-0.05, 0) is 56.3 Å². The first-order valence-corrected chi connectivity index (χ1v) is 8.51. The van der Waals surface area contributed by atoms with Crippen molar-refractivity contribution in [3.05, 3.63) is 29.8 Å². The van der Waals surface area contributed by atoms with Gasteiger partial charge in [0.2, 0.25) is 0 Å². The SMILES string of the molecule is CC(Cc1cccc(S(=O)(=O)C(C)C)c1)C(CN)CO. The highest BCUT2D eigenvalue weighted by Gasteiger charge is 2.20.